The molecule has 1 saturated heterocycles. The maximum Gasteiger partial charge on any atom is 0.138 e. The molecule has 4 nitrogen and oxygen atoms in total. The van der Waals surface area contributed by atoms with Gasteiger partial charge in [0, 0.05) is 19.2 Å². The molecule has 0 amide bonds. The molecule has 5 heteroatoms. The molecule has 0 saturated carbocycles. The molecule has 1 fully saturated rings. The summed E-state index contributed by atoms with van der Waals surface area (Å²) in [6.07, 6.45) is 4.09. The maximum atomic E-state index is 6.25. The minimum atomic E-state index is 0.332. The second-order valence-corrected chi connectivity index (χ2v) is 6.54. The fraction of sp³-hybridized carbons (Fsp3) is 0.733. The van der Waals surface area contributed by atoms with Crippen LogP contribution >= 0.6 is 11.6 Å². The number of hydrogen-bond donors (Lipinski definition) is 0. The highest BCUT2D eigenvalue weighted by Gasteiger charge is 2.21. The molecule has 0 aliphatic carbocycles. The number of anilines is 1. The summed E-state index contributed by atoms with van der Waals surface area (Å²) in [4.78, 5) is 13.2. The number of piperidine rings is 1. The largest absolute Gasteiger partial charge is 0.359 e. The molecule has 1 aliphatic heterocycles. The summed E-state index contributed by atoms with van der Waals surface area (Å²) >= 11 is 6.25. The van der Waals surface area contributed by atoms with Gasteiger partial charge in [-0.25, -0.2) is 9.97 Å². The minimum Gasteiger partial charge on any atom is -0.359 e. The standard InChI is InChI=1S/C15H25ClN4/c1-11(2)13-14(16)17-10-18-15(13)20(4)9-12-5-7-19(3)8-6-12/h10-12H,5-9H2,1-4H3. The van der Waals surface area contributed by atoms with Gasteiger partial charge in [0.15, 0.2) is 0 Å². The fourth-order valence-corrected chi connectivity index (χ4v) is 3.23. The predicted molar refractivity (Wildman–Crippen MR) is 84.6 cm³/mol. The summed E-state index contributed by atoms with van der Waals surface area (Å²) in [6.45, 7) is 7.70. The van der Waals surface area contributed by atoms with Gasteiger partial charge < -0.3 is 9.80 Å². The molecule has 0 N–H and O–H groups in total. The predicted octanol–water partition coefficient (Wildman–Crippen LogP) is 3.03. The second kappa shape index (κ2) is 6.72. The van der Waals surface area contributed by atoms with Crippen LogP contribution in [0.4, 0.5) is 5.82 Å². The lowest BCUT2D eigenvalue weighted by Gasteiger charge is -2.32. The Labute approximate surface area is 127 Å². The highest BCUT2D eigenvalue weighted by molar-refractivity contribution is 6.30. The molecule has 2 rings (SSSR count). The monoisotopic (exact) mass is 296 g/mol. The average Bonchev–Trinajstić information content (AvgIpc) is 2.40. The quantitative estimate of drug-likeness (QED) is 0.800. The van der Waals surface area contributed by atoms with Crippen molar-refractivity contribution in [2.45, 2.75) is 32.6 Å². The van der Waals surface area contributed by atoms with Crippen LogP contribution in [0, 0.1) is 5.92 Å². The summed E-state index contributed by atoms with van der Waals surface area (Å²) in [5.41, 5.74) is 1.06. The molecule has 112 valence electrons. The zero-order chi connectivity index (χ0) is 14.7. The van der Waals surface area contributed by atoms with Crippen LogP contribution in [0.5, 0.6) is 0 Å². The Bertz CT molecular complexity index is 441. The summed E-state index contributed by atoms with van der Waals surface area (Å²) < 4.78 is 0. The first-order chi connectivity index (χ1) is 9.49. The van der Waals surface area contributed by atoms with Gasteiger partial charge in [0.1, 0.15) is 17.3 Å². The van der Waals surface area contributed by atoms with Crippen molar-refractivity contribution in [3.63, 3.8) is 0 Å². The van der Waals surface area contributed by atoms with E-state index in [1.807, 2.05) is 0 Å². The van der Waals surface area contributed by atoms with Crippen molar-refractivity contribution in [3.05, 3.63) is 17.0 Å². The Balaban J connectivity index is 2.09. The smallest absolute Gasteiger partial charge is 0.138 e. The van der Waals surface area contributed by atoms with Gasteiger partial charge in [0.2, 0.25) is 0 Å². The van der Waals surface area contributed by atoms with E-state index in [2.05, 4.69) is 47.7 Å². The molecule has 1 aliphatic rings. The Morgan fingerprint density at radius 3 is 2.60 bits per heavy atom. The van der Waals surface area contributed by atoms with Gasteiger partial charge in [-0.05, 0) is 44.8 Å². The Morgan fingerprint density at radius 1 is 1.35 bits per heavy atom. The lowest BCUT2D eigenvalue weighted by Crippen LogP contribution is -2.36. The van der Waals surface area contributed by atoms with E-state index >= 15 is 0 Å². The highest BCUT2D eigenvalue weighted by Crippen LogP contribution is 2.30. The zero-order valence-corrected chi connectivity index (χ0v) is 13.7. The summed E-state index contributed by atoms with van der Waals surface area (Å²) in [7, 11) is 4.31. The van der Waals surface area contributed by atoms with Gasteiger partial charge >= 0.3 is 0 Å². The van der Waals surface area contributed by atoms with E-state index in [9.17, 15) is 0 Å². The van der Waals surface area contributed by atoms with E-state index in [0.29, 0.717) is 11.1 Å². The summed E-state index contributed by atoms with van der Waals surface area (Å²) in [6, 6.07) is 0. The van der Waals surface area contributed by atoms with Gasteiger partial charge in [-0.15, -0.1) is 0 Å². The van der Waals surface area contributed by atoms with Crippen LogP contribution in [0.15, 0.2) is 6.33 Å². The van der Waals surface area contributed by atoms with E-state index in [0.717, 1.165) is 23.8 Å². The Morgan fingerprint density at radius 2 is 2.00 bits per heavy atom. The third kappa shape index (κ3) is 3.61. The molecule has 0 spiro atoms. The first-order valence-corrected chi connectivity index (χ1v) is 7.77. The van der Waals surface area contributed by atoms with Crippen LogP contribution in [0.2, 0.25) is 5.15 Å². The molecule has 0 bridgehead atoms. The van der Waals surface area contributed by atoms with Crippen LogP contribution in [0.25, 0.3) is 0 Å². The van der Waals surface area contributed by atoms with Gasteiger partial charge in [-0.3, -0.25) is 0 Å². The first kappa shape index (κ1) is 15.5. The van der Waals surface area contributed by atoms with Crippen molar-refractivity contribution >= 4 is 17.4 Å². The average molecular weight is 297 g/mol. The number of rotatable bonds is 4. The van der Waals surface area contributed by atoms with Gasteiger partial charge in [0.25, 0.3) is 0 Å². The van der Waals surface area contributed by atoms with Crippen molar-refractivity contribution in [2.75, 3.05) is 38.6 Å². The van der Waals surface area contributed by atoms with Gasteiger partial charge in [-0.2, -0.15) is 0 Å². The van der Waals surface area contributed by atoms with Crippen molar-refractivity contribution in [1.82, 2.24) is 14.9 Å². The first-order valence-electron chi connectivity index (χ1n) is 7.39. The van der Waals surface area contributed by atoms with Crippen LogP contribution < -0.4 is 4.90 Å². The molecule has 0 aromatic carbocycles. The number of hydrogen-bond acceptors (Lipinski definition) is 4. The topological polar surface area (TPSA) is 32.3 Å². The van der Waals surface area contributed by atoms with Gasteiger partial charge in [0.05, 0.1) is 0 Å². The number of nitrogens with zero attached hydrogens (tertiary/aromatic N) is 4. The lowest BCUT2D eigenvalue weighted by atomic mass is 9.96. The molecule has 0 atom stereocenters. The molecule has 0 radical (unpaired) electrons. The summed E-state index contributed by atoms with van der Waals surface area (Å²) in [5, 5.41) is 0.584. The molecule has 20 heavy (non-hydrogen) atoms. The number of likely N-dealkylation sites (tertiary alicyclic amines) is 1. The fourth-order valence-electron chi connectivity index (χ4n) is 2.88. The molecule has 2 heterocycles. The van der Waals surface area contributed by atoms with E-state index in [1.54, 1.807) is 6.33 Å². The Kier molecular flexibility index (Phi) is 5.22. The zero-order valence-electron chi connectivity index (χ0n) is 12.9. The highest BCUT2D eigenvalue weighted by atomic mass is 35.5. The number of halogens is 1. The molecule has 1 aromatic rings. The SMILES string of the molecule is CC(C)c1c(Cl)ncnc1N(C)CC1CCN(C)CC1. The maximum absolute atomic E-state index is 6.25. The minimum absolute atomic E-state index is 0.332. The van der Waals surface area contributed by atoms with E-state index in [4.69, 9.17) is 11.6 Å². The van der Waals surface area contributed by atoms with E-state index < -0.39 is 0 Å². The van der Waals surface area contributed by atoms with Crippen LogP contribution in [0.3, 0.4) is 0 Å². The van der Waals surface area contributed by atoms with Crippen molar-refractivity contribution in [1.29, 1.82) is 0 Å². The molecular formula is C15H25ClN4. The second-order valence-electron chi connectivity index (χ2n) is 6.18. The van der Waals surface area contributed by atoms with Gasteiger partial charge in [-0.1, -0.05) is 25.4 Å². The normalized spacial score (nSPS) is 17.7. The van der Waals surface area contributed by atoms with Crippen molar-refractivity contribution in [3.8, 4) is 0 Å². The molecule has 0 unspecified atom stereocenters. The van der Waals surface area contributed by atoms with Crippen molar-refractivity contribution in [2.24, 2.45) is 5.92 Å². The third-order valence-corrected chi connectivity index (χ3v) is 4.42. The van der Waals surface area contributed by atoms with Crippen molar-refractivity contribution < 1.29 is 0 Å². The molecular weight excluding hydrogens is 272 g/mol. The van der Waals surface area contributed by atoms with Crippen LogP contribution in [0.1, 0.15) is 38.2 Å². The van der Waals surface area contributed by atoms with E-state index in [-0.39, 0.29) is 0 Å². The summed E-state index contributed by atoms with van der Waals surface area (Å²) in [5.74, 6) is 2.06. The Hall–Kier alpha value is -0.870. The lowest BCUT2D eigenvalue weighted by molar-refractivity contribution is 0.222. The van der Waals surface area contributed by atoms with E-state index in [1.165, 1.54) is 25.9 Å². The van der Waals surface area contributed by atoms with Crippen LogP contribution in [-0.4, -0.2) is 48.6 Å². The number of aromatic nitrogens is 2. The molecule has 1 aromatic heterocycles. The van der Waals surface area contributed by atoms with Crippen LogP contribution in [-0.2, 0) is 0 Å². The third-order valence-electron chi connectivity index (χ3n) is 4.12.